The third-order valence-electron chi connectivity index (χ3n) is 2.89. The molecule has 0 bridgehead atoms. The minimum Gasteiger partial charge on any atom is -0.330 e. The van der Waals surface area contributed by atoms with Gasteiger partial charge in [0.05, 0.1) is 5.56 Å². The Hall–Kier alpha value is -0.740. The van der Waals surface area contributed by atoms with Crippen molar-refractivity contribution in [3.63, 3.8) is 0 Å². The number of alkyl halides is 3. The standard InChI is InChI=1S/C11H12F3N.ClH/c12-11(13,14)9-3-1-7(2-4-9)10-5-8(10)6-15;/h1-4,8,10H,5-6,15H2;1H/t8-,10-;/m0./s1. The van der Waals surface area contributed by atoms with E-state index < -0.39 is 11.7 Å². The van der Waals surface area contributed by atoms with Gasteiger partial charge in [-0.15, -0.1) is 12.4 Å². The summed E-state index contributed by atoms with van der Waals surface area (Å²) in [6.45, 7) is 0.617. The van der Waals surface area contributed by atoms with Crippen molar-refractivity contribution in [2.75, 3.05) is 6.54 Å². The highest BCUT2D eigenvalue weighted by Gasteiger charge is 2.37. The lowest BCUT2D eigenvalue weighted by Gasteiger charge is -2.07. The molecule has 1 nitrogen and oxygen atoms in total. The average molecular weight is 252 g/mol. The molecule has 16 heavy (non-hydrogen) atoms. The average Bonchev–Trinajstić information content (AvgIpc) is 2.95. The molecule has 0 spiro atoms. The molecule has 1 aromatic rings. The van der Waals surface area contributed by atoms with Crippen LogP contribution in [0.3, 0.4) is 0 Å². The Morgan fingerprint density at radius 1 is 1.19 bits per heavy atom. The van der Waals surface area contributed by atoms with Gasteiger partial charge in [-0.2, -0.15) is 13.2 Å². The Morgan fingerprint density at radius 3 is 2.12 bits per heavy atom. The fraction of sp³-hybridized carbons (Fsp3) is 0.455. The molecule has 0 saturated heterocycles. The predicted octanol–water partition coefficient (Wildman–Crippen LogP) is 3.19. The molecular formula is C11H13ClF3N. The van der Waals surface area contributed by atoms with Crippen LogP contribution in [0.1, 0.15) is 23.5 Å². The summed E-state index contributed by atoms with van der Waals surface area (Å²) in [6.07, 6.45) is -3.24. The topological polar surface area (TPSA) is 26.0 Å². The van der Waals surface area contributed by atoms with Gasteiger partial charge in [-0.25, -0.2) is 0 Å². The van der Waals surface area contributed by atoms with Crippen LogP contribution in [0.2, 0.25) is 0 Å². The van der Waals surface area contributed by atoms with Crippen LogP contribution in [-0.2, 0) is 6.18 Å². The van der Waals surface area contributed by atoms with Gasteiger partial charge in [0.2, 0.25) is 0 Å². The number of hydrogen-bond donors (Lipinski definition) is 1. The van der Waals surface area contributed by atoms with Gasteiger partial charge in [-0.1, -0.05) is 12.1 Å². The first-order chi connectivity index (χ1) is 7.02. The summed E-state index contributed by atoms with van der Waals surface area (Å²) < 4.78 is 36.8. The van der Waals surface area contributed by atoms with E-state index in [0.29, 0.717) is 18.4 Å². The highest BCUT2D eigenvalue weighted by molar-refractivity contribution is 5.85. The second-order valence-electron chi connectivity index (χ2n) is 3.96. The van der Waals surface area contributed by atoms with Crippen molar-refractivity contribution >= 4 is 12.4 Å². The monoisotopic (exact) mass is 251 g/mol. The SMILES string of the molecule is Cl.NC[C@@H]1C[C@H]1c1ccc(C(F)(F)F)cc1. The summed E-state index contributed by atoms with van der Waals surface area (Å²) in [5, 5.41) is 0. The molecule has 1 saturated carbocycles. The first-order valence-electron chi connectivity index (χ1n) is 4.89. The summed E-state index contributed by atoms with van der Waals surface area (Å²) in [5.41, 5.74) is 5.86. The van der Waals surface area contributed by atoms with Gasteiger partial charge in [0.15, 0.2) is 0 Å². The predicted molar refractivity (Wildman–Crippen MR) is 58.6 cm³/mol. The summed E-state index contributed by atoms with van der Waals surface area (Å²) in [6, 6.07) is 5.40. The zero-order valence-corrected chi connectivity index (χ0v) is 9.31. The number of benzene rings is 1. The van der Waals surface area contributed by atoms with Crippen molar-refractivity contribution in [1.29, 1.82) is 0 Å². The van der Waals surface area contributed by atoms with Gasteiger partial charge in [0.25, 0.3) is 0 Å². The molecule has 2 rings (SSSR count). The third kappa shape index (κ3) is 2.68. The molecule has 0 radical (unpaired) electrons. The lowest BCUT2D eigenvalue weighted by Crippen LogP contribution is -2.05. The van der Waals surface area contributed by atoms with Gasteiger partial charge in [-0.3, -0.25) is 0 Å². The van der Waals surface area contributed by atoms with Crippen molar-refractivity contribution in [2.45, 2.75) is 18.5 Å². The van der Waals surface area contributed by atoms with E-state index in [0.717, 1.165) is 24.1 Å². The highest BCUT2D eigenvalue weighted by Crippen LogP contribution is 2.46. The molecule has 1 aliphatic rings. The van der Waals surface area contributed by atoms with Crippen molar-refractivity contribution in [3.8, 4) is 0 Å². The Bertz CT molecular complexity index is 347. The minimum atomic E-state index is -4.24. The molecule has 2 N–H and O–H groups in total. The molecule has 2 atom stereocenters. The van der Waals surface area contributed by atoms with Crippen molar-refractivity contribution in [3.05, 3.63) is 35.4 Å². The van der Waals surface area contributed by atoms with E-state index in [9.17, 15) is 13.2 Å². The second-order valence-corrected chi connectivity index (χ2v) is 3.96. The van der Waals surface area contributed by atoms with E-state index in [4.69, 9.17) is 5.73 Å². The summed E-state index contributed by atoms with van der Waals surface area (Å²) in [4.78, 5) is 0. The van der Waals surface area contributed by atoms with Gasteiger partial charge in [0, 0.05) is 0 Å². The van der Waals surface area contributed by atoms with E-state index in [1.807, 2.05) is 0 Å². The molecule has 0 amide bonds. The van der Waals surface area contributed by atoms with E-state index in [1.54, 1.807) is 12.1 Å². The molecule has 1 fully saturated rings. The number of hydrogen-bond acceptors (Lipinski definition) is 1. The van der Waals surface area contributed by atoms with Gasteiger partial charge < -0.3 is 5.73 Å². The van der Waals surface area contributed by atoms with E-state index in [1.165, 1.54) is 0 Å². The Kier molecular flexibility index (Phi) is 3.86. The van der Waals surface area contributed by atoms with Crippen molar-refractivity contribution in [1.82, 2.24) is 0 Å². The van der Waals surface area contributed by atoms with Crippen LogP contribution in [0.25, 0.3) is 0 Å². The lowest BCUT2D eigenvalue weighted by molar-refractivity contribution is -0.137. The Balaban J connectivity index is 0.00000128. The first-order valence-corrected chi connectivity index (χ1v) is 4.89. The van der Waals surface area contributed by atoms with Crippen LogP contribution in [-0.4, -0.2) is 6.54 Å². The maximum absolute atomic E-state index is 12.3. The molecule has 1 aliphatic carbocycles. The maximum Gasteiger partial charge on any atom is 0.416 e. The van der Waals surface area contributed by atoms with Crippen molar-refractivity contribution < 1.29 is 13.2 Å². The molecule has 0 heterocycles. The Labute approximate surface area is 98.2 Å². The van der Waals surface area contributed by atoms with Crippen LogP contribution in [0.15, 0.2) is 24.3 Å². The summed E-state index contributed by atoms with van der Waals surface area (Å²) >= 11 is 0. The normalized spacial score (nSPS) is 23.8. The molecule has 0 aromatic heterocycles. The fourth-order valence-corrected chi connectivity index (χ4v) is 1.84. The summed E-state index contributed by atoms with van der Waals surface area (Å²) in [5.74, 6) is 0.832. The zero-order chi connectivity index (χ0) is 11.1. The van der Waals surface area contributed by atoms with E-state index in [2.05, 4.69) is 0 Å². The Morgan fingerprint density at radius 2 is 1.75 bits per heavy atom. The first kappa shape index (κ1) is 13.3. The quantitative estimate of drug-likeness (QED) is 0.858. The second kappa shape index (κ2) is 4.63. The maximum atomic E-state index is 12.3. The molecule has 90 valence electrons. The van der Waals surface area contributed by atoms with E-state index in [-0.39, 0.29) is 12.4 Å². The van der Waals surface area contributed by atoms with Gasteiger partial charge >= 0.3 is 6.18 Å². The highest BCUT2D eigenvalue weighted by atomic mass is 35.5. The van der Waals surface area contributed by atoms with Gasteiger partial charge in [0.1, 0.15) is 0 Å². The third-order valence-corrected chi connectivity index (χ3v) is 2.89. The van der Waals surface area contributed by atoms with E-state index >= 15 is 0 Å². The molecular weight excluding hydrogens is 239 g/mol. The molecule has 5 heteroatoms. The van der Waals surface area contributed by atoms with Crippen LogP contribution in [0.4, 0.5) is 13.2 Å². The fourth-order valence-electron chi connectivity index (χ4n) is 1.84. The van der Waals surface area contributed by atoms with Crippen LogP contribution < -0.4 is 5.73 Å². The van der Waals surface area contributed by atoms with Gasteiger partial charge in [-0.05, 0) is 42.5 Å². The minimum absolute atomic E-state index is 0. The molecule has 1 aromatic carbocycles. The number of halogens is 4. The smallest absolute Gasteiger partial charge is 0.330 e. The lowest BCUT2D eigenvalue weighted by atomic mass is 10.1. The zero-order valence-electron chi connectivity index (χ0n) is 8.50. The summed E-state index contributed by atoms with van der Waals surface area (Å²) in [7, 11) is 0. The molecule has 0 unspecified atom stereocenters. The molecule has 0 aliphatic heterocycles. The van der Waals surface area contributed by atoms with Crippen LogP contribution in [0.5, 0.6) is 0 Å². The van der Waals surface area contributed by atoms with Crippen LogP contribution in [0, 0.1) is 5.92 Å². The van der Waals surface area contributed by atoms with Crippen LogP contribution >= 0.6 is 12.4 Å². The number of rotatable bonds is 2. The largest absolute Gasteiger partial charge is 0.416 e. The van der Waals surface area contributed by atoms with Crippen molar-refractivity contribution in [2.24, 2.45) is 11.7 Å². The number of nitrogens with two attached hydrogens (primary N) is 1.